The Morgan fingerprint density at radius 3 is 2.95 bits per heavy atom. The van der Waals surface area contributed by atoms with Crippen LogP contribution in [0.15, 0.2) is 12.1 Å². The van der Waals surface area contributed by atoms with Gasteiger partial charge in [-0.05, 0) is 24.1 Å². The highest BCUT2D eigenvalue weighted by molar-refractivity contribution is 6.32. The fourth-order valence-corrected chi connectivity index (χ4v) is 2.45. The zero-order chi connectivity index (χ0) is 14.4. The molecular weight excluding hydrogens is 274 g/mol. The van der Waals surface area contributed by atoms with E-state index in [-0.39, 0.29) is 6.04 Å². The molecule has 0 radical (unpaired) electrons. The topological polar surface area (TPSA) is 30.5 Å². The van der Waals surface area contributed by atoms with Gasteiger partial charge in [-0.1, -0.05) is 30.9 Å². The molecule has 4 heteroatoms. The average Bonchev–Trinajstić information content (AvgIpc) is 2.69. The summed E-state index contributed by atoms with van der Waals surface area (Å²) in [5.74, 6) is 4.13. The molecule has 0 bridgehead atoms. The van der Waals surface area contributed by atoms with Gasteiger partial charge in [-0.3, -0.25) is 5.32 Å². The van der Waals surface area contributed by atoms with Crippen molar-refractivity contribution in [3.63, 3.8) is 0 Å². The van der Waals surface area contributed by atoms with Gasteiger partial charge < -0.3 is 9.47 Å². The molecule has 1 heterocycles. The molecule has 1 aliphatic rings. The van der Waals surface area contributed by atoms with Crippen molar-refractivity contribution in [1.29, 1.82) is 0 Å². The number of benzene rings is 1. The molecule has 1 unspecified atom stereocenters. The quantitative estimate of drug-likeness (QED) is 0.844. The molecule has 0 aliphatic carbocycles. The maximum atomic E-state index is 6.26. The van der Waals surface area contributed by atoms with Crippen LogP contribution in [0.3, 0.4) is 0 Å². The summed E-state index contributed by atoms with van der Waals surface area (Å²) in [4.78, 5) is 0. The minimum Gasteiger partial charge on any atom is -0.489 e. The van der Waals surface area contributed by atoms with E-state index in [1.54, 1.807) is 0 Å². The van der Waals surface area contributed by atoms with Crippen LogP contribution in [0.25, 0.3) is 0 Å². The van der Waals surface area contributed by atoms with Gasteiger partial charge in [0.1, 0.15) is 0 Å². The van der Waals surface area contributed by atoms with Crippen LogP contribution in [-0.2, 0) is 6.54 Å². The first-order valence-electron chi connectivity index (χ1n) is 7.02. The van der Waals surface area contributed by atoms with E-state index in [0.717, 1.165) is 30.6 Å². The fraction of sp³-hybridized carbons (Fsp3) is 0.500. The lowest BCUT2D eigenvalue weighted by molar-refractivity contribution is 0.297. The normalized spacial score (nSPS) is 15.2. The lowest BCUT2D eigenvalue weighted by Gasteiger charge is -2.14. The van der Waals surface area contributed by atoms with E-state index in [2.05, 4.69) is 18.2 Å². The van der Waals surface area contributed by atoms with Crippen LogP contribution in [0.5, 0.6) is 11.5 Å². The van der Waals surface area contributed by atoms with Gasteiger partial charge in [0.2, 0.25) is 0 Å². The van der Waals surface area contributed by atoms with Crippen molar-refractivity contribution in [2.75, 3.05) is 13.2 Å². The van der Waals surface area contributed by atoms with E-state index in [9.17, 15) is 0 Å². The van der Waals surface area contributed by atoms with Crippen LogP contribution in [0.4, 0.5) is 0 Å². The van der Waals surface area contributed by atoms with Crippen molar-refractivity contribution in [3.8, 4) is 23.8 Å². The molecule has 0 fully saturated rings. The molecule has 20 heavy (non-hydrogen) atoms. The molecule has 0 saturated carbocycles. The standard InChI is InChI=1S/C16H20ClNO2/c1-3-6-13(4-2)18-11-12-9-14(17)16-15(10-12)19-7-5-8-20-16/h2,9-10,13,18H,3,5-8,11H2,1H3. The smallest absolute Gasteiger partial charge is 0.179 e. The van der Waals surface area contributed by atoms with Crippen LogP contribution in [0.2, 0.25) is 5.02 Å². The number of terminal acetylenes is 1. The van der Waals surface area contributed by atoms with Gasteiger partial charge in [0.25, 0.3) is 0 Å². The van der Waals surface area contributed by atoms with E-state index in [1.165, 1.54) is 0 Å². The summed E-state index contributed by atoms with van der Waals surface area (Å²) in [7, 11) is 0. The molecule has 0 amide bonds. The number of hydrogen-bond donors (Lipinski definition) is 1. The summed E-state index contributed by atoms with van der Waals surface area (Å²) in [6.07, 6.45) is 8.40. The van der Waals surface area contributed by atoms with Gasteiger partial charge in [0, 0.05) is 13.0 Å². The van der Waals surface area contributed by atoms with E-state index in [0.29, 0.717) is 30.5 Å². The second-order valence-electron chi connectivity index (χ2n) is 4.84. The van der Waals surface area contributed by atoms with Crippen molar-refractivity contribution in [2.24, 2.45) is 0 Å². The van der Waals surface area contributed by atoms with Gasteiger partial charge in [-0.2, -0.15) is 0 Å². The Labute approximate surface area is 125 Å². The van der Waals surface area contributed by atoms with Gasteiger partial charge in [0.15, 0.2) is 11.5 Å². The highest BCUT2D eigenvalue weighted by Crippen LogP contribution is 2.37. The highest BCUT2D eigenvalue weighted by Gasteiger charge is 2.15. The summed E-state index contributed by atoms with van der Waals surface area (Å²) >= 11 is 6.26. The third-order valence-corrected chi connectivity index (χ3v) is 3.47. The number of rotatable bonds is 5. The summed E-state index contributed by atoms with van der Waals surface area (Å²) in [6, 6.07) is 3.97. The Morgan fingerprint density at radius 2 is 2.20 bits per heavy atom. The molecule has 2 rings (SSSR count). The second-order valence-corrected chi connectivity index (χ2v) is 5.25. The summed E-state index contributed by atoms with van der Waals surface area (Å²) in [5, 5.41) is 3.94. The Morgan fingerprint density at radius 1 is 1.40 bits per heavy atom. The van der Waals surface area contributed by atoms with E-state index >= 15 is 0 Å². The van der Waals surface area contributed by atoms with Gasteiger partial charge in [-0.15, -0.1) is 6.42 Å². The molecular formula is C16H20ClNO2. The van der Waals surface area contributed by atoms with Crippen molar-refractivity contribution in [1.82, 2.24) is 5.32 Å². The molecule has 0 aromatic heterocycles. The predicted molar refractivity (Wildman–Crippen MR) is 81.4 cm³/mol. The average molecular weight is 294 g/mol. The lowest BCUT2D eigenvalue weighted by atomic mass is 10.1. The number of ether oxygens (including phenoxy) is 2. The first-order chi connectivity index (χ1) is 9.74. The Kier molecular flexibility index (Phi) is 5.58. The third-order valence-electron chi connectivity index (χ3n) is 3.19. The van der Waals surface area contributed by atoms with Crippen molar-refractivity contribution in [3.05, 3.63) is 22.7 Å². The molecule has 0 saturated heterocycles. The van der Waals surface area contributed by atoms with Crippen LogP contribution in [0, 0.1) is 12.3 Å². The maximum absolute atomic E-state index is 6.26. The maximum Gasteiger partial charge on any atom is 0.179 e. The monoisotopic (exact) mass is 293 g/mol. The van der Waals surface area contributed by atoms with E-state index < -0.39 is 0 Å². The molecule has 1 aromatic carbocycles. The zero-order valence-electron chi connectivity index (χ0n) is 11.7. The zero-order valence-corrected chi connectivity index (χ0v) is 12.5. The molecule has 108 valence electrons. The lowest BCUT2D eigenvalue weighted by Crippen LogP contribution is -2.26. The SMILES string of the molecule is C#CC(CCC)NCc1cc(Cl)c2c(c1)OCCCO2. The van der Waals surface area contributed by atoms with Crippen LogP contribution in [-0.4, -0.2) is 19.3 Å². The number of nitrogens with one attached hydrogen (secondary N) is 1. The van der Waals surface area contributed by atoms with Crippen molar-refractivity contribution >= 4 is 11.6 Å². The molecule has 1 aromatic rings. The molecule has 1 aliphatic heterocycles. The first kappa shape index (κ1) is 15.0. The summed E-state index contributed by atoms with van der Waals surface area (Å²) in [5.41, 5.74) is 1.05. The molecule has 3 nitrogen and oxygen atoms in total. The fourth-order valence-electron chi connectivity index (χ4n) is 2.16. The highest BCUT2D eigenvalue weighted by atomic mass is 35.5. The summed E-state index contributed by atoms with van der Waals surface area (Å²) < 4.78 is 11.3. The number of hydrogen-bond acceptors (Lipinski definition) is 3. The van der Waals surface area contributed by atoms with Crippen LogP contribution in [0.1, 0.15) is 31.7 Å². The second kappa shape index (κ2) is 7.42. The van der Waals surface area contributed by atoms with E-state index in [4.69, 9.17) is 27.5 Å². The van der Waals surface area contributed by atoms with Crippen molar-refractivity contribution in [2.45, 2.75) is 38.8 Å². The van der Waals surface area contributed by atoms with E-state index in [1.807, 2.05) is 12.1 Å². The predicted octanol–water partition coefficient (Wildman–Crippen LogP) is 3.39. The number of halogens is 1. The Bertz CT molecular complexity index is 496. The molecule has 1 N–H and O–H groups in total. The minimum atomic E-state index is 0.0924. The van der Waals surface area contributed by atoms with Gasteiger partial charge in [0.05, 0.1) is 24.3 Å². The van der Waals surface area contributed by atoms with Crippen molar-refractivity contribution < 1.29 is 9.47 Å². The largest absolute Gasteiger partial charge is 0.489 e. The van der Waals surface area contributed by atoms with Gasteiger partial charge >= 0.3 is 0 Å². The van der Waals surface area contributed by atoms with Crippen LogP contribution < -0.4 is 14.8 Å². The first-order valence-corrected chi connectivity index (χ1v) is 7.40. The molecule has 1 atom stereocenters. The Balaban J connectivity index is 2.08. The number of fused-ring (bicyclic) bond motifs is 1. The minimum absolute atomic E-state index is 0.0924. The van der Waals surface area contributed by atoms with Crippen LogP contribution >= 0.6 is 11.6 Å². The van der Waals surface area contributed by atoms with Gasteiger partial charge in [-0.25, -0.2) is 0 Å². The Hall–Kier alpha value is -1.37. The summed E-state index contributed by atoms with van der Waals surface area (Å²) in [6.45, 7) is 4.09. The third kappa shape index (κ3) is 3.82. The molecule has 0 spiro atoms.